The third-order valence-corrected chi connectivity index (χ3v) is 6.49. The molecule has 1 saturated heterocycles. The summed E-state index contributed by atoms with van der Waals surface area (Å²) in [6.07, 6.45) is 1.89. The first kappa shape index (κ1) is 17.0. The van der Waals surface area contributed by atoms with Crippen LogP contribution in [0.4, 0.5) is 4.39 Å². The minimum atomic E-state index is -3.81. The van der Waals surface area contributed by atoms with Gasteiger partial charge in [-0.2, -0.15) is 4.31 Å². The lowest BCUT2D eigenvalue weighted by Crippen LogP contribution is -2.33. The summed E-state index contributed by atoms with van der Waals surface area (Å²) in [5, 5.41) is 0.182. The fourth-order valence-corrected chi connectivity index (χ4v) is 5.02. The van der Waals surface area contributed by atoms with Gasteiger partial charge in [0, 0.05) is 24.2 Å². The van der Waals surface area contributed by atoms with Gasteiger partial charge in [-0.1, -0.05) is 11.6 Å². The largest absolute Gasteiger partial charge is 0.327 e. The van der Waals surface area contributed by atoms with Crippen LogP contribution in [0.2, 0.25) is 5.02 Å². The van der Waals surface area contributed by atoms with Crippen LogP contribution in [0.25, 0.3) is 0 Å². The highest BCUT2D eigenvalue weighted by molar-refractivity contribution is 7.89. The molecule has 2 fully saturated rings. The second-order valence-corrected chi connectivity index (χ2v) is 7.90. The van der Waals surface area contributed by atoms with E-state index in [0.717, 1.165) is 18.9 Å². The van der Waals surface area contributed by atoms with E-state index in [1.54, 1.807) is 0 Å². The highest BCUT2D eigenvalue weighted by Crippen LogP contribution is 2.39. The molecule has 1 heterocycles. The van der Waals surface area contributed by atoms with Crippen LogP contribution in [0.5, 0.6) is 0 Å². The van der Waals surface area contributed by atoms with Gasteiger partial charge in [0.1, 0.15) is 10.7 Å². The van der Waals surface area contributed by atoms with Gasteiger partial charge in [-0.25, -0.2) is 12.8 Å². The lowest BCUT2D eigenvalue weighted by Gasteiger charge is -2.19. The quantitative estimate of drug-likeness (QED) is 0.885. The molecule has 1 aromatic carbocycles. The van der Waals surface area contributed by atoms with E-state index >= 15 is 0 Å². The lowest BCUT2D eigenvalue weighted by atomic mass is 9.98. The Hall–Kier alpha value is -0.400. The molecule has 0 spiro atoms. The van der Waals surface area contributed by atoms with Crippen LogP contribution in [-0.2, 0) is 10.0 Å². The fraction of sp³-hybridized carbons (Fsp3) is 0.538. The van der Waals surface area contributed by atoms with Crippen LogP contribution in [0.1, 0.15) is 12.8 Å². The lowest BCUT2D eigenvalue weighted by molar-refractivity contribution is 0.424. The monoisotopic (exact) mass is 354 g/mol. The molecule has 1 aliphatic heterocycles. The molecular weight excluding hydrogens is 338 g/mol. The van der Waals surface area contributed by atoms with Crippen LogP contribution >= 0.6 is 24.0 Å². The van der Waals surface area contributed by atoms with Crippen LogP contribution in [0.3, 0.4) is 0 Å². The highest BCUT2D eigenvalue weighted by atomic mass is 35.5. The van der Waals surface area contributed by atoms with Crippen molar-refractivity contribution >= 4 is 34.0 Å². The highest BCUT2D eigenvalue weighted by Gasteiger charge is 2.45. The Morgan fingerprint density at radius 3 is 2.62 bits per heavy atom. The first-order valence-electron chi connectivity index (χ1n) is 6.60. The number of sulfonamides is 1. The summed E-state index contributed by atoms with van der Waals surface area (Å²) in [6, 6.07) is 3.69. The van der Waals surface area contributed by atoms with Gasteiger partial charge in [0.15, 0.2) is 0 Å². The van der Waals surface area contributed by atoms with Crippen molar-refractivity contribution in [2.24, 2.45) is 17.6 Å². The molecule has 3 unspecified atom stereocenters. The number of hydrogen-bond acceptors (Lipinski definition) is 3. The van der Waals surface area contributed by atoms with Crippen LogP contribution < -0.4 is 5.73 Å². The zero-order valence-corrected chi connectivity index (χ0v) is 13.6. The normalized spacial score (nSPS) is 29.2. The van der Waals surface area contributed by atoms with Crippen molar-refractivity contribution in [2.75, 3.05) is 13.1 Å². The summed E-state index contributed by atoms with van der Waals surface area (Å²) in [6.45, 7) is 0.818. The van der Waals surface area contributed by atoms with E-state index in [1.165, 1.54) is 16.4 Å². The van der Waals surface area contributed by atoms with E-state index in [9.17, 15) is 12.8 Å². The van der Waals surface area contributed by atoms with Crippen molar-refractivity contribution in [3.8, 4) is 0 Å². The van der Waals surface area contributed by atoms with Gasteiger partial charge < -0.3 is 5.73 Å². The number of hydrogen-bond donors (Lipinski definition) is 1. The molecule has 2 aliphatic rings. The van der Waals surface area contributed by atoms with Crippen molar-refractivity contribution in [1.29, 1.82) is 0 Å². The number of fused-ring (bicyclic) bond motifs is 1. The average molecular weight is 355 g/mol. The van der Waals surface area contributed by atoms with E-state index in [2.05, 4.69) is 0 Å². The van der Waals surface area contributed by atoms with Gasteiger partial charge in [-0.15, -0.1) is 12.4 Å². The molecule has 2 N–H and O–H groups in total. The summed E-state index contributed by atoms with van der Waals surface area (Å²) in [5.74, 6) is -0.311. The zero-order valence-electron chi connectivity index (χ0n) is 11.2. The summed E-state index contributed by atoms with van der Waals surface area (Å²) < 4.78 is 40.2. The van der Waals surface area contributed by atoms with Gasteiger partial charge in [-0.3, -0.25) is 0 Å². The Labute approximate surface area is 134 Å². The smallest absolute Gasteiger partial charge is 0.246 e. The van der Waals surface area contributed by atoms with Crippen molar-refractivity contribution in [3.63, 3.8) is 0 Å². The SMILES string of the molecule is Cl.NC1CCC2CN(S(=O)(=O)c3ccc(Cl)cc3F)CC12. The molecular formula is C13H17Cl2FN2O2S. The molecule has 0 aromatic heterocycles. The molecule has 0 bridgehead atoms. The molecule has 0 radical (unpaired) electrons. The maximum Gasteiger partial charge on any atom is 0.246 e. The molecule has 3 rings (SSSR count). The Kier molecular flexibility index (Phi) is 4.85. The van der Waals surface area contributed by atoms with E-state index in [-0.39, 0.29) is 34.3 Å². The van der Waals surface area contributed by atoms with Crippen LogP contribution in [0.15, 0.2) is 23.1 Å². The second kappa shape index (κ2) is 6.01. The second-order valence-electron chi connectivity index (χ2n) is 5.56. The van der Waals surface area contributed by atoms with Gasteiger partial charge in [0.2, 0.25) is 10.0 Å². The molecule has 0 amide bonds. The topological polar surface area (TPSA) is 63.4 Å². The predicted molar refractivity (Wildman–Crippen MR) is 81.6 cm³/mol. The maximum absolute atomic E-state index is 13.9. The van der Waals surface area contributed by atoms with E-state index in [1.807, 2.05) is 0 Å². The predicted octanol–water partition coefficient (Wildman–Crippen LogP) is 2.26. The molecule has 8 heteroatoms. The molecule has 118 valence electrons. The number of nitrogens with two attached hydrogens (primary N) is 1. The number of benzene rings is 1. The number of rotatable bonds is 2. The van der Waals surface area contributed by atoms with E-state index in [0.29, 0.717) is 19.0 Å². The number of halogens is 3. The minimum absolute atomic E-state index is 0. The Morgan fingerprint density at radius 1 is 1.29 bits per heavy atom. The average Bonchev–Trinajstić information content (AvgIpc) is 2.92. The summed E-state index contributed by atoms with van der Waals surface area (Å²) in [4.78, 5) is -0.310. The molecule has 4 nitrogen and oxygen atoms in total. The van der Waals surface area contributed by atoms with Crippen molar-refractivity contribution in [2.45, 2.75) is 23.8 Å². The molecule has 1 aliphatic carbocycles. The van der Waals surface area contributed by atoms with Gasteiger partial charge >= 0.3 is 0 Å². The third-order valence-electron chi connectivity index (χ3n) is 4.39. The fourth-order valence-electron chi connectivity index (χ4n) is 3.29. The summed E-state index contributed by atoms with van der Waals surface area (Å²) in [7, 11) is -3.81. The summed E-state index contributed by atoms with van der Waals surface area (Å²) >= 11 is 5.66. The molecule has 21 heavy (non-hydrogen) atoms. The Balaban J connectivity index is 0.00000161. The number of nitrogens with zero attached hydrogens (tertiary/aromatic N) is 1. The van der Waals surface area contributed by atoms with E-state index in [4.69, 9.17) is 17.3 Å². The maximum atomic E-state index is 13.9. The minimum Gasteiger partial charge on any atom is -0.327 e. The van der Waals surface area contributed by atoms with Crippen molar-refractivity contribution < 1.29 is 12.8 Å². The van der Waals surface area contributed by atoms with Gasteiger partial charge in [0.25, 0.3) is 0 Å². The molecule has 3 atom stereocenters. The zero-order chi connectivity index (χ0) is 14.5. The summed E-state index contributed by atoms with van der Waals surface area (Å²) in [5.41, 5.74) is 6.00. The van der Waals surface area contributed by atoms with Crippen molar-refractivity contribution in [3.05, 3.63) is 29.0 Å². The standard InChI is InChI=1S/C13H16ClFN2O2S.ClH/c14-9-2-4-13(11(15)5-9)20(18,19)17-6-8-1-3-12(16)10(8)7-17;/h2,4-5,8,10,12H,1,3,6-7,16H2;1H. The van der Waals surface area contributed by atoms with Gasteiger partial charge in [-0.05, 0) is 42.9 Å². The molecule has 1 saturated carbocycles. The van der Waals surface area contributed by atoms with Crippen molar-refractivity contribution in [1.82, 2.24) is 4.31 Å². The van der Waals surface area contributed by atoms with Crippen LogP contribution in [0, 0.1) is 17.7 Å². The van der Waals surface area contributed by atoms with E-state index < -0.39 is 15.8 Å². The first-order valence-corrected chi connectivity index (χ1v) is 8.42. The van der Waals surface area contributed by atoms with Crippen LogP contribution in [-0.4, -0.2) is 31.9 Å². The first-order chi connectivity index (χ1) is 9.39. The third kappa shape index (κ3) is 2.92. The van der Waals surface area contributed by atoms with Gasteiger partial charge in [0.05, 0.1) is 0 Å². The Morgan fingerprint density at radius 2 is 2.00 bits per heavy atom. The molecule has 1 aromatic rings. The Bertz CT molecular complexity index is 641.